The smallest absolute Gasteiger partial charge is 0.346 e. The largest absolute Gasteiger partial charge is 0.477 e. The zero-order valence-electron chi connectivity index (χ0n) is 21.5. The van der Waals surface area contributed by atoms with E-state index in [2.05, 4.69) is 25.1 Å². The molecule has 0 saturated heterocycles. The lowest BCUT2D eigenvalue weighted by Gasteiger charge is -2.37. The molecule has 0 bridgehead atoms. The number of aromatic carboxylic acids is 1. The van der Waals surface area contributed by atoms with Gasteiger partial charge in [-0.25, -0.2) is 4.79 Å². The highest BCUT2D eigenvalue weighted by atomic mass is 32.1. The number of carbonyl (C=O) groups is 2. The fraction of sp³-hybridized carbons (Fsp3) is 0.375. The number of hydrogen-bond acceptors (Lipinski definition) is 3. The maximum absolute atomic E-state index is 13.3. The van der Waals surface area contributed by atoms with Crippen molar-refractivity contribution in [1.29, 1.82) is 0 Å². The predicted molar refractivity (Wildman–Crippen MR) is 151 cm³/mol. The van der Waals surface area contributed by atoms with Crippen LogP contribution in [0, 0.1) is 11.8 Å². The van der Waals surface area contributed by atoms with E-state index in [9.17, 15) is 14.7 Å². The highest BCUT2D eigenvalue weighted by Crippen LogP contribution is 2.43. The molecule has 1 aliphatic carbocycles. The lowest BCUT2D eigenvalue weighted by Crippen LogP contribution is -2.39. The maximum Gasteiger partial charge on any atom is 0.346 e. The summed E-state index contributed by atoms with van der Waals surface area (Å²) in [5.74, 6) is 0.469. The van der Waals surface area contributed by atoms with E-state index in [1.807, 2.05) is 53.4 Å². The van der Waals surface area contributed by atoms with Crippen molar-refractivity contribution in [3.63, 3.8) is 0 Å². The first kappa shape index (κ1) is 25.5. The molecular weight excluding hydrogens is 478 g/mol. The first-order valence-electron chi connectivity index (χ1n) is 13.5. The minimum absolute atomic E-state index is 0.193. The van der Waals surface area contributed by atoms with Crippen LogP contribution in [-0.4, -0.2) is 35.0 Å². The van der Waals surface area contributed by atoms with Gasteiger partial charge in [-0.3, -0.25) is 4.79 Å². The Morgan fingerprint density at radius 3 is 2.32 bits per heavy atom. The molecule has 1 saturated carbocycles. The van der Waals surface area contributed by atoms with Crippen molar-refractivity contribution in [1.82, 2.24) is 4.90 Å². The van der Waals surface area contributed by atoms with Crippen molar-refractivity contribution in [2.75, 3.05) is 13.1 Å². The number of thiophene rings is 1. The standard InChI is InChI=1S/C32H35NO3S/c1-22-12-15-24(16-13-22)28-21-33(30(34)17-14-23-8-4-2-5-9-23)19-18-26(28)27-20-29(37-31(27)32(35)36)25-10-6-3-7-11-25/h2-11,20,22,24H,12-19,21H2,1H3,(H,35,36). The molecule has 2 heterocycles. The van der Waals surface area contributed by atoms with Crippen LogP contribution in [0.3, 0.4) is 0 Å². The minimum atomic E-state index is -0.868. The molecule has 1 N–H and O–H groups in total. The van der Waals surface area contributed by atoms with Gasteiger partial charge in [0.2, 0.25) is 5.91 Å². The Morgan fingerprint density at radius 1 is 0.973 bits per heavy atom. The molecule has 5 heteroatoms. The van der Waals surface area contributed by atoms with Crippen molar-refractivity contribution in [2.45, 2.75) is 51.9 Å². The maximum atomic E-state index is 13.3. The number of aryl methyl sites for hydroxylation is 1. The van der Waals surface area contributed by atoms with Gasteiger partial charge in [-0.15, -0.1) is 11.3 Å². The second-order valence-corrected chi connectivity index (χ2v) is 11.6. The number of carboxylic acid groups (broad SMARTS) is 1. The van der Waals surface area contributed by atoms with E-state index in [0.717, 1.165) is 41.2 Å². The highest BCUT2D eigenvalue weighted by Gasteiger charge is 2.32. The Hall–Kier alpha value is -3.18. The molecule has 3 aromatic rings. The van der Waals surface area contributed by atoms with Crippen LogP contribution in [-0.2, 0) is 11.2 Å². The van der Waals surface area contributed by atoms with Crippen LogP contribution in [0.1, 0.15) is 66.2 Å². The number of hydrogen-bond donors (Lipinski definition) is 1. The molecule has 192 valence electrons. The summed E-state index contributed by atoms with van der Waals surface area (Å²) in [5.41, 5.74) is 5.56. The molecular formula is C32H35NO3S. The van der Waals surface area contributed by atoms with Crippen LogP contribution in [0.4, 0.5) is 0 Å². The van der Waals surface area contributed by atoms with Crippen LogP contribution < -0.4 is 0 Å². The van der Waals surface area contributed by atoms with E-state index in [1.54, 1.807) is 0 Å². The molecule has 0 spiro atoms. The monoisotopic (exact) mass is 513 g/mol. The molecule has 1 amide bonds. The van der Waals surface area contributed by atoms with Gasteiger partial charge in [0.05, 0.1) is 0 Å². The summed E-state index contributed by atoms with van der Waals surface area (Å²) in [7, 11) is 0. The molecule has 0 radical (unpaired) electrons. The number of benzene rings is 2. The molecule has 2 aliphatic rings. The topological polar surface area (TPSA) is 57.6 Å². The zero-order valence-corrected chi connectivity index (χ0v) is 22.3. The van der Waals surface area contributed by atoms with Gasteiger partial charge < -0.3 is 10.0 Å². The Balaban J connectivity index is 1.46. The third-order valence-electron chi connectivity index (χ3n) is 8.02. The molecule has 1 fully saturated rings. The van der Waals surface area contributed by atoms with Crippen molar-refractivity contribution in [3.8, 4) is 10.4 Å². The van der Waals surface area contributed by atoms with Gasteiger partial charge in [-0.1, -0.05) is 80.4 Å². The number of rotatable bonds is 7. The summed E-state index contributed by atoms with van der Waals surface area (Å²) >= 11 is 1.36. The van der Waals surface area contributed by atoms with E-state index in [-0.39, 0.29) is 5.91 Å². The number of carbonyl (C=O) groups excluding carboxylic acids is 1. The molecule has 2 aromatic carbocycles. The van der Waals surface area contributed by atoms with Crippen molar-refractivity contribution >= 4 is 28.8 Å². The van der Waals surface area contributed by atoms with Crippen LogP contribution in [0.5, 0.6) is 0 Å². The summed E-state index contributed by atoms with van der Waals surface area (Å²) in [6.45, 7) is 3.59. The lowest BCUT2D eigenvalue weighted by molar-refractivity contribution is -0.131. The van der Waals surface area contributed by atoms with Gasteiger partial charge >= 0.3 is 5.97 Å². The molecule has 5 rings (SSSR count). The fourth-order valence-electron chi connectivity index (χ4n) is 5.86. The number of carboxylic acids is 1. The summed E-state index contributed by atoms with van der Waals surface area (Å²) in [5, 5.41) is 10.1. The zero-order chi connectivity index (χ0) is 25.8. The van der Waals surface area contributed by atoms with Gasteiger partial charge in [0.25, 0.3) is 0 Å². The van der Waals surface area contributed by atoms with Crippen molar-refractivity contribution in [2.24, 2.45) is 11.8 Å². The SMILES string of the molecule is CC1CCC(C2=C(c3cc(-c4ccccc4)sc3C(=O)O)CCN(C(=O)CCc3ccccc3)C2)CC1. The van der Waals surface area contributed by atoms with Crippen LogP contribution in [0.2, 0.25) is 0 Å². The first-order valence-corrected chi connectivity index (χ1v) is 14.3. The second-order valence-electron chi connectivity index (χ2n) is 10.5. The van der Waals surface area contributed by atoms with E-state index in [1.165, 1.54) is 40.9 Å². The van der Waals surface area contributed by atoms with E-state index in [0.29, 0.717) is 36.7 Å². The Labute approximate surface area is 223 Å². The predicted octanol–water partition coefficient (Wildman–Crippen LogP) is 7.56. The van der Waals surface area contributed by atoms with Crippen LogP contribution >= 0.6 is 11.3 Å². The van der Waals surface area contributed by atoms with Crippen LogP contribution in [0.25, 0.3) is 16.0 Å². The normalized spacial score (nSPS) is 20.2. The van der Waals surface area contributed by atoms with E-state index >= 15 is 0 Å². The average molecular weight is 514 g/mol. The highest BCUT2D eigenvalue weighted by molar-refractivity contribution is 7.17. The third kappa shape index (κ3) is 5.88. The summed E-state index contributed by atoms with van der Waals surface area (Å²) in [4.78, 5) is 29.0. The number of nitrogens with zero attached hydrogens (tertiary/aromatic N) is 1. The lowest BCUT2D eigenvalue weighted by atomic mass is 9.75. The van der Waals surface area contributed by atoms with Crippen molar-refractivity contribution in [3.05, 3.63) is 88.3 Å². The quantitative estimate of drug-likeness (QED) is 0.355. The first-order chi connectivity index (χ1) is 18.0. The van der Waals surface area contributed by atoms with Gasteiger partial charge in [-0.05, 0) is 65.9 Å². The van der Waals surface area contributed by atoms with Gasteiger partial charge in [-0.2, -0.15) is 0 Å². The molecule has 4 nitrogen and oxygen atoms in total. The summed E-state index contributed by atoms with van der Waals surface area (Å²) in [6.07, 6.45) is 6.57. The van der Waals surface area contributed by atoms with Gasteiger partial charge in [0.15, 0.2) is 0 Å². The Kier molecular flexibility index (Phi) is 7.90. The van der Waals surface area contributed by atoms with Crippen LogP contribution in [0.15, 0.2) is 72.3 Å². The average Bonchev–Trinajstić information content (AvgIpc) is 3.39. The molecule has 1 aromatic heterocycles. The molecule has 37 heavy (non-hydrogen) atoms. The second kappa shape index (κ2) is 11.5. The van der Waals surface area contributed by atoms with E-state index < -0.39 is 5.97 Å². The summed E-state index contributed by atoms with van der Waals surface area (Å²) < 4.78 is 0. The fourth-order valence-corrected chi connectivity index (χ4v) is 6.89. The minimum Gasteiger partial charge on any atom is -0.477 e. The molecule has 1 aliphatic heterocycles. The number of amides is 1. The van der Waals surface area contributed by atoms with Gasteiger partial charge in [0, 0.05) is 30.0 Å². The molecule has 0 unspecified atom stereocenters. The van der Waals surface area contributed by atoms with Gasteiger partial charge in [0.1, 0.15) is 4.88 Å². The van der Waals surface area contributed by atoms with Crippen molar-refractivity contribution < 1.29 is 14.7 Å². The third-order valence-corrected chi connectivity index (χ3v) is 9.19. The summed E-state index contributed by atoms with van der Waals surface area (Å²) in [6, 6.07) is 22.3. The Morgan fingerprint density at radius 2 is 1.65 bits per heavy atom. The molecule has 0 atom stereocenters. The van der Waals surface area contributed by atoms with E-state index in [4.69, 9.17) is 0 Å². The Bertz CT molecular complexity index is 1270.